The molecule has 0 bridgehead atoms. The minimum atomic E-state index is -2.68. The Balaban J connectivity index is 0.000000120. The van der Waals surface area contributed by atoms with Gasteiger partial charge in [0.1, 0.15) is 22.3 Å². The molecule has 0 aliphatic heterocycles. The van der Waals surface area contributed by atoms with Crippen molar-refractivity contribution < 1.29 is 8.83 Å². The maximum Gasteiger partial charge on any atom is 0.184 e. The number of aromatic amines is 1. The lowest BCUT2D eigenvalue weighted by Gasteiger charge is -2.37. The summed E-state index contributed by atoms with van der Waals surface area (Å²) in [6.07, 6.45) is 0. The van der Waals surface area contributed by atoms with Gasteiger partial charge in [0.25, 0.3) is 0 Å². The summed E-state index contributed by atoms with van der Waals surface area (Å²) in [6, 6.07) is 193. The molecule has 141 heavy (non-hydrogen) atoms. The van der Waals surface area contributed by atoms with Crippen LogP contribution in [0.1, 0.15) is 22.3 Å². The van der Waals surface area contributed by atoms with Gasteiger partial charge in [-0.25, -0.2) is 0 Å². The van der Waals surface area contributed by atoms with Crippen LogP contribution in [0.3, 0.4) is 0 Å². The molecule has 0 saturated carbocycles. The molecule has 0 unspecified atom stereocenters. The van der Waals surface area contributed by atoms with Gasteiger partial charge >= 0.3 is 0 Å². The molecule has 0 aliphatic carbocycles. The molecule has 664 valence electrons. The Bertz CT molecular complexity index is 9500. The first-order chi connectivity index (χ1) is 69.8. The molecule has 6 heterocycles. The molecule has 0 saturated heterocycles. The minimum absolute atomic E-state index is 0.730. The van der Waals surface area contributed by atoms with Crippen LogP contribution in [0.15, 0.2) is 547 Å². The number of halogens is 1. The maximum absolute atomic E-state index is 6.89. The predicted octanol–water partition coefficient (Wildman–Crippen LogP) is 33.0. The van der Waals surface area contributed by atoms with Gasteiger partial charge < -0.3 is 27.5 Å². The summed E-state index contributed by atoms with van der Waals surface area (Å²) in [5.41, 5.74) is 30.1. The Hall–Kier alpha value is -17.7. The first kappa shape index (κ1) is 83.9. The molecule has 28 aromatic rings. The zero-order valence-corrected chi connectivity index (χ0v) is 79.4. The minimum Gasteiger partial charge on any atom is -0.456 e. The van der Waals surface area contributed by atoms with Gasteiger partial charge in [0.15, 0.2) is 8.07 Å². The lowest BCUT2D eigenvalue weighted by Crippen LogP contribution is -2.74. The fraction of sp³-hybridized carbons (Fsp3) is 0.00752. The van der Waals surface area contributed by atoms with Crippen molar-refractivity contribution in [3.05, 3.63) is 561 Å². The fourth-order valence-corrected chi connectivity index (χ4v) is 28.2. The van der Waals surface area contributed by atoms with Crippen molar-refractivity contribution in [1.82, 2.24) is 18.7 Å². The normalized spacial score (nSPS) is 11.9. The van der Waals surface area contributed by atoms with E-state index in [1.54, 1.807) is 0 Å². The van der Waals surface area contributed by atoms with E-state index >= 15 is 0 Å². The lowest BCUT2D eigenvalue weighted by molar-refractivity contribution is 0.645. The van der Waals surface area contributed by atoms with E-state index < -0.39 is 13.5 Å². The molecular weight excluding hydrogens is 1790 g/mol. The molecule has 0 aliphatic rings. The van der Waals surface area contributed by atoms with Crippen LogP contribution in [0.2, 0.25) is 0 Å². The Morgan fingerprint density at radius 2 is 0.539 bits per heavy atom. The number of aromatic nitrogens is 4. The van der Waals surface area contributed by atoms with Crippen LogP contribution < -0.4 is 20.7 Å². The monoisotopic (exact) mass is 1880 g/mol. The number of hydrogen-bond acceptors (Lipinski definition) is 2. The first-order valence-corrected chi connectivity index (χ1v) is 51.0. The molecule has 0 atom stereocenters. The molecule has 1 N–H and O–H groups in total. The van der Waals surface area contributed by atoms with Crippen molar-refractivity contribution in [3.63, 3.8) is 0 Å². The van der Waals surface area contributed by atoms with E-state index in [4.69, 9.17) is 8.83 Å². The van der Waals surface area contributed by atoms with Crippen molar-refractivity contribution >= 4 is 176 Å². The molecule has 28 rings (SSSR count). The van der Waals surface area contributed by atoms with Crippen molar-refractivity contribution in [2.75, 3.05) is 0 Å². The van der Waals surface area contributed by atoms with Crippen molar-refractivity contribution in [2.24, 2.45) is 0 Å². The third-order valence-corrected chi connectivity index (χ3v) is 34.1. The predicted molar refractivity (Wildman–Crippen MR) is 598 cm³/mol. The Morgan fingerprint density at radius 3 is 1.04 bits per heavy atom. The highest BCUT2D eigenvalue weighted by Gasteiger charge is 2.45. The number of benzene rings is 22. The summed E-state index contributed by atoms with van der Waals surface area (Å²) in [6.45, 7) is 0. The molecule has 0 radical (unpaired) electrons. The van der Waals surface area contributed by atoms with Crippen LogP contribution in [0.5, 0.6) is 0 Å². The lowest BCUT2D eigenvalue weighted by atomic mass is 9.64. The molecule has 22 aromatic carbocycles. The number of fused-ring (bicyclic) bond motifs is 18. The average Bonchev–Trinajstić information content (AvgIpc) is 1.70. The number of hydrogen-bond donors (Lipinski definition) is 1. The van der Waals surface area contributed by atoms with Crippen LogP contribution in [0.25, 0.3) is 193 Å². The van der Waals surface area contributed by atoms with Gasteiger partial charge in [0.05, 0.1) is 38.5 Å². The molecule has 0 fully saturated rings. The molecule has 6 nitrogen and oxygen atoms in total. The Morgan fingerprint density at radius 1 is 0.206 bits per heavy atom. The smallest absolute Gasteiger partial charge is 0.184 e. The van der Waals surface area contributed by atoms with E-state index in [1.165, 1.54) is 164 Å². The maximum atomic E-state index is 6.89. The quantitative estimate of drug-likeness (QED) is 0.0821. The van der Waals surface area contributed by atoms with Gasteiger partial charge in [-0.2, -0.15) is 0 Å². The molecule has 6 aromatic heterocycles. The van der Waals surface area contributed by atoms with Gasteiger partial charge in [-0.3, -0.25) is 0 Å². The van der Waals surface area contributed by atoms with E-state index in [0.717, 1.165) is 76.5 Å². The van der Waals surface area contributed by atoms with Crippen molar-refractivity contribution in [2.45, 2.75) is 5.41 Å². The summed E-state index contributed by atoms with van der Waals surface area (Å²) in [5.74, 6) is 0. The highest BCUT2D eigenvalue weighted by Crippen LogP contribution is 2.51. The number of nitrogens with zero attached hydrogens (tertiary/aromatic N) is 3. The van der Waals surface area contributed by atoms with Crippen LogP contribution >= 0.6 is 15.9 Å². The number of H-pyrrole nitrogens is 1. The second-order valence-corrected chi connectivity index (χ2v) is 41.3. The molecular formula is C133H89BrN4O2Si. The number of rotatable bonds is 15. The van der Waals surface area contributed by atoms with E-state index in [1.807, 2.05) is 6.07 Å². The third kappa shape index (κ3) is 14.3. The van der Waals surface area contributed by atoms with Crippen LogP contribution in [-0.2, 0) is 5.41 Å². The van der Waals surface area contributed by atoms with E-state index in [0.29, 0.717) is 0 Å². The van der Waals surface area contributed by atoms with E-state index in [2.05, 4.69) is 562 Å². The largest absolute Gasteiger partial charge is 0.456 e. The van der Waals surface area contributed by atoms with Gasteiger partial charge in [0.2, 0.25) is 0 Å². The van der Waals surface area contributed by atoms with Crippen molar-refractivity contribution in [3.8, 4) is 61.6 Å². The Kier molecular flexibility index (Phi) is 20.9. The van der Waals surface area contributed by atoms with Gasteiger partial charge in [0, 0.05) is 103 Å². The third-order valence-electron chi connectivity index (χ3n) is 28.8. The van der Waals surface area contributed by atoms with E-state index in [-0.39, 0.29) is 0 Å². The summed E-state index contributed by atoms with van der Waals surface area (Å²) >= 11 is 3.75. The molecule has 0 amide bonds. The highest BCUT2D eigenvalue weighted by molar-refractivity contribution is 9.10. The number of nitrogens with one attached hydrogen (secondary N) is 1. The highest BCUT2D eigenvalue weighted by atomic mass is 79.9. The topological polar surface area (TPSA) is 56.9 Å². The Labute approximate surface area is 824 Å². The van der Waals surface area contributed by atoms with Crippen LogP contribution in [-0.4, -0.2) is 26.8 Å². The summed E-state index contributed by atoms with van der Waals surface area (Å²) in [4.78, 5) is 3.54. The van der Waals surface area contributed by atoms with Crippen molar-refractivity contribution in [1.29, 1.82) is 0 Å². The zero-order valence-electron chi connectivity index (χ0n) is 76.8. The van der Waals surface area contributed by atoms with E-state index in [9.17, 15) is 0 Å². The first-order valence-electron chi connectivity index (χ1n) is 48.2. The second kappa shape index (κ2) is 35.2. The summed E-state index contributed by atoms with van der Waals surface area (Å²) in [7, 11) is -2.68. The fourth-order valence-electron chi connectivity index (χ4n) is 22.6. The van der Waals surface area contributed by atoms with Gasteiger partial charge in [-0.05, 0) is 215 Å². The van der Waals surface area contributed by atoms with Crippen LogP contribution in [0.4, 0.5) is 0 Å². The molecule has 0 spiro atoms. The summed E-state index contributed by atoms with van der Waals surface area (Å²) < 4.78 is 21.8. The van der Waals surface area contributed by atoms with Gasteiger partial charge in [-0.1, -0.05) is 416 Å². The van der Waals surface area contributed by atoms with Crippen LogP contribution in [0, 0.1) is 0 Å². The van der Waals surface area contributed by atoms with Gasteiger partial charge in [-0.15, -0.1) is 0 Å². The zero-order chi connectivity index (χ0) is 93.5. The second-order valence-electron chi connectivity index (χ2n) is 36.6. The number of para-hydroxylation sites is 10. The standard InChI is InChI=1S/C67H44N2O.C36H24N2.C30H21BrOSi/c1-3-22-49(23-4-1)67(50-24-5-2-6-25-50,60-34-18-33-58-57-32-10-14-38-65(57)70-66(58)60)51-26-17-28-53(44-51)69-63-37-13-9-31-56(63)59-43-48(39-40-64(59)69)46-20-15-19-45(41-46)47-21-16-27-52(42-47)68-61-35-11-7-29-54(61)55-30-8-12-36-62(55)68;1-4-16-33-29(13-1)32-23-27(19-20-34(32)37-33)25-10-7-9-24(21-25)26-11-8-12-28(22-26)38-35-17-5-2-14-30(35)31-15-3-6-18-36(31)38;31-22-11-9-16-25(21-22)33(23-12-3-1-4-13-23,24-14-5-2-6-15-24)29-20-10-18-27-26-17-7-8-19-28(26)32-30(27)29/h1-44H;1-23,37H;1-21H. The molecule has 8 heteroatoms. The SMILES string of the molecule is Brc1cccc([Si](c2ccccc2)(c2ccccc2)c2cccc3c2oc2ccccc23)c1.c1cc(-c2cccc(-n3c4ccccc4c4ccccc43)c2)cc(-c2ccc3[nH]c4ccccc4c3c2)c1.c1ccc(C(c2ccccc2)(c2cccc(-n3c4ccccc4c4cc(-c5cccc(-c6cccc(-n7c8ccccc8c8ccccc87)c6)c5)ccc43)c2)c2cccc3c2oc2ccccc23)cc1. The summed E-state index contributed by atoms with van der Waals surface area (Å²) in [5, 5.41) is 19.8. The number of furan rings is 2. The average molecular weight is 1880 g/mol.